The first-order chi connectivity index (χ1) is 16.3. The molecule has 1 amide bonds. The number of carbonyl (C=O) groups excluding carboxylic acids is 1. The maximum Gasteiger partial charge on any atom is 0.258 e. The SMILES string of the molecule is COc1ccc(N2CCN(S(=O)(=O)c3ccc(F)c(C(=O)Nc4ccc(Br)cc4)c3)CC2)cc1. The second-order valence-corrected chi connectivity index (χ2v) is 10.5. The van der Waals surface area contributed by atoms with Gasteiger partial charge in [0.05, 0.1) is 17.6 Å². The number of rotatable bonds is 6. The molecule has 1 aliphatic rings. The lowest BCUT2D eigenvalue weighted by Gasteiger charge is -2.35. The summed E-state index contributed by atoms with van der Waals surface area (Å²) in [5.74, 6) is -0.764. The van der Waals surface area contributed by atoms with Gasteiger partial charge in [-0.15, -0.1) is 0 Å². The van der Waals surface area contributed by atoms with Crippen molar-refractivity contribution >= 4 is 43.2 Å². The largest absolute Gasteiger partial charge is 0.497 e. The van der Waals surface area contributed by atoms with Crippen LogP contribution in [-0.4, -0.2) is 51.9 Å². The van der Waals surface area contributed by atoms with Crippen LogP contribution in [0, 0.1) is 5.82 Å². The Labute approximate surface area is 206 Å². The molecular formula is C24H23BrFN3O4S. The highest BCUT2D eigenvalue weighted by molar-refractivity contribution is 9.10. The third-order valence-electron chi connectivity index (χ3n) is 5.60. The third kappa shape index (κ3) is 5.24. The summed E-state index contributed by atoms with van der Waals surface area (Å²) in [7, 11) is -2.29. The van der Waals surface area contributed by atoms with Crippen LogP contribution in [0.1, 0.15) is 10.4 Å². The minimum Gasteiger partial charge on any atom is -0.497 e. The number of sulfonamides is 1. The lowest BCUT2D eigenvalue weighted by Crippen LogP contribution is -2.48. The van der Waals surface area contributed by atoms with Crippen LogP contribution in [0.3, 0.4) is 0 Å². The molecule has 0 bridgehead atoms. The van der Waals surface area contributed by atoms with Gasteiger partial charge in [-0.2, -0.15) is 4.31 Å². The minimum absolute atomic E-state index is 0.118. The zero-order chi connectivity index (χ0) is 24.3. The Kier molecular flexibility index (Phi) is 7.20. The fourth-order valence-electron chi connectivity index (χ4n) is 3.70. The molecule has 7 nitrogen and oxygen atoms in total. The van der Waals surface area contributed by atoms with E-state index in [9.17, 15) is 17.6 Å². The molecule has 3 aromatic carbocycles. The van der Waals surface area contributed by atoms with E-state index in [0.29, 0.717) is 18.8 Å². The van der Waals surface area contributed by atoms with E-state index in [4.69, 9.17) is 4.74 Å². The van der Waals surface area contributed by atoms with Gasteiger partial charge >= 0.3 is 0 Å². The summed E-state index contributed by atoms with van der Waals surface area (Å²) in [6.45, 7) is 1.55. The zero-order valence-electron chi connectivity index (χ0n) is 18.4. The Bertz CT molecular complexity index is 1280. The predicted octanol–water partition coefficient (Wildman–Crippen LogP) is 4.36. The van der Waals surface area contributed by atoms with Gasteiger partial charge in [0.15, 0.2) is 0 Å². The fourth-order valence-corrected chi connectivity index (χ4v) is 5.41. The molecule has 1 N–H and O–H groups in total. The number of benzene rings is 3. The third-order valence-corrected chi connectivity index (χ3v) is 8.02. The maximum atomic E-state index is 14.4. The van der Waals surface area contributed by atoms with E-state index in [2.05, 4.69) is 26.1 Å². The van der Waals surface area contributed by atoms with Crippen LogP contribution in [-0.2, 0) is 10.0 Å². The molecule has 1 aliphatic heterocycles. The van der Waals surface area contributed by atoms with Gasteiger partial charge in [-0.05, 0) is 66.7 Å². The first-order valence-electron chi connectivity index (χ1n) is 10.5. The molecule has 0 atom stereocenters. The molecule has 178 valence electrons. The normalized spacial score (nSPS) is 14.6. The second kappa shape index (κ2) is 10.1. The molecule has 1 saturated heterocycles. The van der Waals surface area contributed by atoms with Crippen molar-refractivity contribution in [3.8, 4) is 5.75 Å². The van der Waals surface area contributed by atoms with Crippen molar-refractivity contribution in [2.45, 2.75) is 4.90 Å². The van der Waals surface area contributed by atoms with Crippen molar-refractivity contribution in [3.63, 3.8) is 0 Å². The molecule has 0 spiro atoms. The van der Waals surface area contributed by atoms with Crippen molar-refractivity contribution in [2.24, 2.45) is 0 Å². The van der Waals surface area contributed by atoms with Gasteiger partial charge in [0, 0.05) is 42.0 Å². The molecule has 0 unspecified atom stereocenters. The number of piperazine rings is 1. The fraction of sp³-hybridized carbons (Fsp3) is 0.208. The molecule has 3 aromatic rings. The Morgan fingerprint density at radius 2 is 1.62 bits per heavy atom. The number of carbonyl (C=O) groups is 1. The lowest BCUT2D eigenvalue weighted by atomic mass is 10.2. The Morgan fingerprint density at radius 3 is 2.24 bits per heavy atom. The molecule has 0 aromatic heterocycles. The topological polar surface area (TPSA) is 79.0 Å². The molecule has 1 heterocycles. The summed E-state index contributed by atoms with van der Waals surface area (Å²) in [4.78, 5) is 14.6. The number of amides is 1. The molecule has 10 heteroatoms. The number of halogens is 2. The summed E-state index contributed by atoms with van der Waals surface area (Å²) in [6, 6.07) is 17.7. The van der Waals surface area contributed by atoms with E-state index in [1.807, 2.05) is 24.3 Å². The van der Waals surface area contributed by atoms with E-state index < -0.39 is 21.7 Å². The van der Waals surface area contributed by atoms with E-state index in [1.54, 1.807) is 31.4 Å². The summed E-state index contributed by atoms with van der Waals surface area (Å²) < 4.78 is 48.2. The highest BCUT2D eigenvalue weighted by Crippen LogP contribution is 2.25. The van der Waals surface area contributed by atoms with Crippen molar-refractivity contribution in [1.29, 1.82) is 0 Å². The average molecular weight is 548 g/mol. The van der Waals surface area contributed by atoms with Crippen LogP contribution in [0.5, 0.6) is 5.75 Å². The molecule has 0 aliphatic carbocycles. The molecule has 4 rings (SSSR count). The van der Waals surface area contributed by atoms with Crippen LogP contribution in [0.4, 0.5) is 15.8 Å². The molecule has 0 radical (unpaired) electrons. The number of anilines is 2. The van der Waals surface area contributed by atoms with E-state index in [-0.39, 0.29) is 23.5 Å². The number of nitrogens with one attached hydrogen (secondary N) is 1. The summed E-state index contributed by atoms with van der Waals surface area (Å²) in [6.07, 6.45) is 0. The highest BCUT2D eigenvalue weighted by atomic mass is 79.9. The zero-order valence-corrected chi connectivity index (χ0v) is 20.8. The monoisotopic (exact) mass is 547 g/mol. The van der Waals surface area contributed by atoms with E-state index in [0.717, 1.165) is 28.0 Å². The predicted molar refractivity (Wildman–Crippen MR) is 132 cm³/mol. The van der Waals surface area contributed by atoms with Crippen molar-refractivity contribution in [1.82, 2.24) is 4.31 Å². The van der Waals surface area contributed by atoms with Crippen LogP contribution < -0.4 is 15.0 Å². The van der Waals surface area contributed by atoms with Gasteiger partial charge in [0.1, 0.15) is 11.6 Å². The second-order valence-electron chi connectivity index (χ2n) is 7.69. The van der Waals surface area contributed by atoms with Gasteiger partial charge < -0.3 is 15.0 Å². The van der Waals surface area contributed by atoms with Gasteiger partial charge in [-0.3, -0.25) is 4.79 Å². The van der Waals surface area contributed by atoms with Gasteiger partial charge in [0.25, 0.3) is 5.91 Å². The van der Waals surface area contributed by atoms with Crippen molar-refractivity contribution in [2.75, 3.05) is 43.5 Å². The quantitative estimate of drug-likeness (QED) is 0.496. The first kappa shape index (κ1) is 24.2. The lowest BCUT2D eigenvalue weighted by molar-refractivity contribution is 0.102. The molecule has 1 fully saturated rings. The number of ether oxygens (including phenoxy) is 1. The molecular weight excluding hydrogens is 525 g/mol. The van der Waals surface area contributed by atoms with Crippen molar-refractivity contribution in [3.05, 3.63) is 82.6 Å². The van der Waals surface area contributed by atoms with Crippen LogP contribution >= 0.6 is 15.9 Å². The Hall–Kier alpha value is -2.95. The Morgan fingerprint density at radius 1 is 0.971 bits per heavy atom. The average Bonchev–Trinajstić information content (AvgIpc) is 2.85. The van der Waals surface area contributed by atoms with Crippen LogP contribution in [0.15, 0.2) is 76.1 Å². The van der Waals surface area contributed by atoms with Crippen molar-refractivity contribution < 1.29 is 22.3 Å². The standard InChI is InChI=1S/C24H23BrFN3O4S/c1-33-20-8-6-19(7-9-20)28-12-14-29(15-13-28)34(31,32)21-10-11-23(26)22(16-21)24(30)27-18-4-2-17(25)3-5-18/h2-11,16H,12-15H2,1H3,(H,27,30). The first-order valence-corrected chi connectivity index (χ1v) is 12.8. The molecule has 34 heavy (non-hydrogen) atoms. The number of hydrogen-bond acceptors (Lipinski definition) is 5. The maximum absolute atomic E-state index is 14.4. The number of nitrogens with zero attached hydrogens (tertiary/aromatic N) is 2. The summed E-state index contributed by atoms with van der Waals surface area (Å²) >= 11 is 3.31. The smallest absolute Gasteiger partial charge is 0.258 e. The van der Waals surface area contributed by atoms with Crippen LogP contribution in [0.25, 0.3) is 0 Å². The van der Waals surface area contributed by atoms with E-state index in [1.165, 1.54) is 10.4 Å². The highest BCUT2D eigenvalue weighted by Gasteiger charge is 2.30. The van der Waals surface area contributed by atoms with Crippen LogP contribution in [0.2, 0.25) is 0 Å². The molecule has 0 saturated carbocycles. The number of hydrogen-bond donors (Lipinski definition) is 1. The number of methoxy groups -OCH3 is 1. The summed E-state index contributed by atoms with van der Waals surface area (Å²) in [5, 5.41) is 2.59. The van der Waals surface area contributed by atoms with E-state index >= 15 is 0 Å². The Balaban J connectivity index is 1.48. The van der Waals surface area contributed by atoms with Gasteiger partial charge in [0.2, 0.25) is 10.0 Å². The minimum atomic E-state index is -3.90. The van der Waals surface area contributed by atoms with Gasteiger partial charge in [-0.25, -0.2) is 12.8 Å². The summed E-state index contributed by atoms with van der Waals surface area (Å²) in [5.41, 5.74) is 1.11. The van der Waals surface area contributed by atoms with Gasteiger partial charge in [-0.1, -0.05) is 15.9 Å².